The van der Waals surface area contributed by atoms with Gasteiger partial charge in [-0.25, -0.2) is 0 Å². The summed E-state index contributed by atoms with van der Waals surface area (Å²) in [6, 6.07) is 16.8. The van der Waals surface area contributed by atoms with Crippen LogP contribution >= 0.6 is 0 Å². The highest BCUT2D eigenvalue weighted by Crippen LogP contribution is 2.38. The lowest BCUT2D eigenvalue weighted by Gasteiger charge is -2.13. The fraction of sp³-hybridized carbons (Fsp3) is 0.143. The van der Waals surface area contributed by atoms with Crippen molar-refractivity contribution in [1.82, 2.24) is 0 Å². The van der Waals surface area contributed by atoms with Crippen LogP contribution in [0.4, 0.5) is 0 Å². The fourth-order valence-corrected chi connectivity index (χ4v) is 2.46. The summed E-state index contributed by atoms with van der Waals surface area (Å²) in [6.07, 6.45) is 3.53. The molecule has 2 aromatic carbocycles. The lowest BCUT2D eigenvalue weighted by Crippen LogP contribution is -1.95. The number of ether oxygens (including phenoxy) is 3. The molecule has 0 atom stereocenters. The Morgan fingerprint density at radius 2 is 1.46 bits per heavy atom. The molecular weight excluding hydrogens is 328 g/mol. The Balaban J connectivity index is 2.54. The Hall–Kier alpha value is -3.70. The SMILES string of the molecule is COc1cc(/C=C/C(=C(C#N)C#N)c2ccccc2)cc(OC)c1OC. The summed E-state index contributed by atoms with van der Waals surface area (Å²) in [5.41, 5.74) is 2.15. The van der Waals surface area contributed by atoms with Gasteiger partial charge in [0.1, 0.15) is 17.7 Å². The van der Waals surface area contributed by atoms with E-state index in [4.69, 9.17) is 14.2 Å². The molecule has 130 valence electrons. The molecule has 0 heterocycles. The van der Waals surface area contributed by atoms with Crippen LogP contribution in [0.15, 0.2) is 54.1 Å². The summed E-state index contributed by atoms with van der Waals surface area (Å²) in [4.78, 5) is 0. The normalized spacial score (nSPS) is 9.88. The van der Waals surface area contributed by atoms with Gasteiger partial charge in [0.15, 0.2) is 11.5 Å². The molecule has 5 nitrogen and oxygen atoms in total. The monoisotopic (exact) mass is 346 g/mol. The number of hydrogen-bond donors (Lipinski definition) is 0. The minimum Gasteiger partial charge on any atom is -0.493 e. The van der Waals surface area contributed by atoms with Gasteiger partial charge in [-0.2, -0.15) is 10.5 Å². The minimum absolute atomic E-state index is 0.0416. The van der Waals surface area contributed by atoms with Crippen LogP contribution in [-0.4, -0.2) is 21.3 Å². The molecule has 0 aliphatic heterocycles. The molecule has 5 heteroatoms. The largest absolute Gasteiger partial charge is 0.493 e. The lowest BCUT2D eigenvalue weighted by atomic mass is 9.99. The average molecular weight is 346 g/mol. The van der Waals surface area contributed by atoms with Crippen LogP contribution in [0.2, 0.25) is 0 Å². The highest BCUT2D eigenvalue weighted by Gasteiger charge is 2.12. The van der Waals surface area contributed by atoms with Crippen molar-refractivity contribution < 1.29 is 14.2 Å². The van der Waals surface area contributed by atoms with E-state index in [0.29, 0.717) is 22.8 Å². The topological polar surface area (TPSA) is 75.3 Å². The first-order valence-corrected chi connectivity index (χ1v) is 7.76. The van der Waals surface area contributed by atoms with E-state index in [2.05, 4.69) is 0 Å². The van der Waals surface area contributed by atoms with Crippen molar-refractivity contribution in [3.63, 3.8) is 0 Å². The van der Waals surface area contributed by atoms with Crippen LogP contribution in [0.3, 0.4) is 0 Å². The van der Waals surface area contributed by atoms with E-state index in [-0.39, 0.29) is 5.57 Å². The molecule has 0 aromatic heterocycles. The van der Waals surface area contributed by atoms with E-state index >= 15 is 0 Å². The predicted octanol–water partition coefficient (Wildman–Crippen LogP) is 4.23. The van der Waals surface area contributed by atoms with Crippen molar-refractivity contribution in [2.45, 2.75) is 0 Å². The van der Waals surface area contributed by atoms with Gasteiger partial charge in [-0.15, -0.1) is 0 Å². The van der Waals surface area contributed by atoms with E-state index in [1.54, 1.807) is 38.5 Å². The van der Waals surface area contributed by atoms with Gasteiger partial charge < -0.3 is 14.2 Å². The predicted molar refractivity (Wildman–Crippen MR) is 99.7 cm³/mol. The second-order valence-electron chi connectivity index (χ2n) is 5.17. The molecule has 0 aliphatic carbocycles. The Morgan fingerprint density at radius 3 is 1.92 bits per heavy atom. The number of rotatable bonds is 6. The summed E-state index contributed by atoms with van der Waals surface area (Å²) in [5, 5.41) is 18.5. The Bertz CT molecular complexity index is 876. The van der Waals surface area contributed by atoms with Crippen molar-refractivity contribution in [1.29, 1.82) is 10.5 Å². The van der Waals surface area contributed by atoms with Gasteiger partial charge in [0, 0.05) is 5.57 Å². The third-order valence-electron chi connectivity index (χ3n) is 3.71. The van der Waals surface area contributed by atoms with Crippen LogP contribution in [0.1, 0.15) is 11.1 Å². The fourth-order valence-electron chi connectivity index (χ4n) is 2.46. The Kier molecular flexibility index (Phi) is 6.42. The van der Waals surface area contributed by atoms with Crippen LogP contribution in [0, 0.1) is 22.7 Å². The first-order chi connectivity index (χ1) is 12.7. The van der Waals surface area contributed by atoms with Crippen LogP contribution in [0.25, 0.3) is 11.6 Å². The summed E-state index contributed by atoms with van der Waals surface area (Å²) in [6.45, 7) is 0. The van der Waals surface area contributed by atoms with Crippen LogP contribution in [0.5, 0.6) is 17.2 Å². The Labute approximate surface area is 153 Å². The molecule has 26 heavy (non-hydrogen) atoms. The minimum atomic E-state index is 0.0416. The van der Waals surface area contributed by atoms with E-state index in [0.717, 1.165) is 11.1 Å². The molecule has 0 spiro atoms. The lowest BCUT2D eigenvalue weighted by molar-refractivity contribution is 0.324. The number of nitriles is 2. The van der Waals surface area contributed by atoms with Gasteiger partial charge in [-0.1, -0.05) is 42.5 Å². The summed E-state index contributed by atoms with van der Waals surface area (Å²) < 4.78 is 16.0. The van der Waals surface area contributed by atoms with E-state index in [1.807, 2.05) is 42.5 Å². The summed E-state index contributed by atoms with van der Waals surface area (Å²) in [7, 11) is 4.63. The zero-order valence-corrected chi connectivity index (χ0v) is 14.8. The van der Waals surface area contributed by atoms with Gasteiger partial charge in [0.05, 0.1) is 21.3 Å². The molecule has 0 bridgehead atoms. The second kappa shape index (κ2) is 8.96. The van der Waals surface area contributed by atoms with E-state index < -0.39 is 0 Å². The quantitative estimate of drug-likeness (QED) is 0.578. The van der Waals surface area contributed by atoms with Crippen molar-refractivity contribution >= 4 is 11.6 Å². The van der Waals surface area contributed by atoms with Gasteiger partial charge in [0.25, 0.3) is 0 Å². The third kappa shape index (κ3) is 4.03. The smallest absolute Gasteiger partial charge is 0.203 e. The van der Waals surface area contributed by atoms with Crippen LogP contribution < -0.4 is 14.2 Å². The maximum Gasteiger partial charge on any atom is 0.203 e. The number of nitrogens with zero attached hydrogens (tertiary/aromatic N) is 2. The van der Waals surface area contributed by atoms with Crippen molar-refractivity contribution in [3.05, 3.63) is 65.2 Å². The summed E-state index contributed by atoms with van der Waals surface area (Å²) in [5.74, 6) is 1.55. The second-order valence-corrected chi connectivity index (χ2v) is 5.17. The molecule has 0 radical (unpaired) electrons. The average Bonchev–Trinajstić information content (AvgIpc) is 2.70. The first-order valence-electron chi connectivity index (χ1n) is 7.76. The van der Waals surface area contributed by atoms with Crippen molar-refractivity contribution in [2.75, 3.05) is 21.3 Å². The van der Waals surface area contributed by atoms with Gasteiger partial charge >= 0.3 is 0 Å². The zero-order valence-electron chi connectivity index (χ0n) is 14.8. The molecule has 0 aliphatic rings. The molecule has 2 rings (SSSR count). The first kappa shape index (κ1) is 18.6. The molecule has 0 fully saturated rings. The maximum atomic E-state index is 9.27. The van der Waals surface area contributed by atoms with E-state index in [9.17, 15) is 10.5 Å². The van der Waals surface area contributed by atoms with Crippen LogP contribution in [-0.2, 0) is 0 Å². The maximum absolute atomic E-state index is 9.27. The third-order valence-corrected chi connectivity index (χ3v) is 3.71. The molecule has 0 saturated carbocycles. The van der Waals surface area contributed by atoms with Gasteiger partial charge in [-0.3, -0.25) is 0 Å². The van der Waals surface area contributed by atoms with Crippen molar-refractivity contribution in [3.8, 4) is 29.4 Å². The molecular formula is C21H18N2O3. The zero-order chi connectivity index (χ0) is 18.9. The molecule has 0 saturated heterocycles. The Morgan fingerprint density at radius 1 is 0.885 bits per heavy atom. The number of hydrogen-bond acceptors (Lipinski definition) is 5. The molecule has 0 amide bonds. The molecule has 0 N–H and O–H groups in total. The highest BCUT2D eigenvalue weighted by molar-refractivity contribution is 5.85. The van der Waals surface area contributed by atoms with E-state index in [1.165, 1.54) is 7.11 Å². The molecule has 2 aromatic rings. The van der Waals surface area contributed by atoms with Crippen molar-refractivity contribution in [2.24, 2.45) is 0 Å². The summed E-state index contributed by atoms with van der Waals surface area (Å²) >= 11 is 0. The number of methoxy groups -OCH3 is 3. The van der Waals surface area contributed by atoms with Gasteiger partial charge in [-0.05, 0) is 23.3 Å². The number of allylic oxidation sites excluding steroid dienone is 3. The number of benzene rings is 2. The van der Waals surface area contributed by atoms with Gasteiger partial charge in [0.2, 0.25) is 5.75 Å². The standard InChI is InChI=1S/C21H18N2O3/c1-24-19-11-15(12-20(25-2)21(19)26-3)9-10-18(17(13-22)14-23)16-7-5-4-6-8-16/h4-12H,1-3H3/b10-9+. The molecule has 0 unspecified atom stereocenters. The highest BCUT2D eigenvalue weighted by atomic mass is 16.5.